The van der Waals surface area contributed by atoms with E-state index in [0.717, 1.165) is 16.2 Å². The lowest BCUT2D eigenvalue weighted by atomic mass is 9.87. The molecule has 0 spiro atoms. The molecule has 0 fully saturated rings. The van der Waals surface area contributed by atoms with E-state index >= 15 is 0 Å². The van der Waals surface area contributed by atoms with Crippen LogP contribution in [-0.4, -0.2) is 13.2 Å². The topological polar surface area (TPSA) is 35.5 Å². The van der Waals surface area contributed by atoms with E-state index in [1.165, 1.54) is 11.1 Å². The summed E-state index contributed by atoms with van der Waals surface area (Å²) in [5, 5.41) is 0. The number of hydrogen-bond donors (Lipinski definition) is 0. The maximum atomic E-state index is 13.1. The van der Waals surface area contributed by atoms with Crippen molar-refractivity contribution >= 4 is 24.3 Å². The quantitative estimate of drug-likeness (QED) is 0.395. The summed E-state index contributed by atoms with van der Waals surface area (Å²) < 4.78 is 24.1. The van der Waals surface area contributed by atoms with Crippen molar-refractivity contribution in [1.82, 2.24) is 0 Å². The molecule has 0 saturated heterocycles. The highest BCUT2D eigenvalue weighted by Crippen LogP contribution is 2.53. The Balaban J connectivity index is 2.37. The van der Waals surface area contributed by atoms with Crippen LogP contribution in [0, 0.1) is 0 Å². The molecule has 3 nitrogen and oxygen atoms in total. The summed E-state index contributed by atoms with van der Waals surface area (Å²) in [6, 6.07) is 18.7. The zero-order chi connectivity index (χ0) is 20.6. The first kappa shape index (κ1) is 23.0. The van der Waals surface area contributed by atoms with Crippen molar-refractivity contribution in [2.75, 3.05) is 13.2 Å². The van der Waals surface area contributed by atoms with Crippen molar-refractivity contribution in [3.63, 3.8) is 0 Å². The zero-order valence-electron chi connectivity index (χ0n) is 17.5. The molecule has 0 saturated carbocycles. The SMILES string of the molecule is CCOP(=O)(/C=C(/SCc1ccccc1)c1ccc(C(C)(C)C)cc1)OCC. The Morgan fingerprint density at radius 1 is 0.964 bits per heavy atom. The third kappa shape index (κ3) is 6.93. The molecule has 0 aliphatic rings. The van der Waals surface area contributed by atoms with Gasteiger partial charge in [-0.15, -0.1) is 11.8 Å². The Kier molecular flexibility index (Phi) is 8.57. The molecule has 5 heteroatoms. The maximum absolute atomic E-state index is 13.1. The van der Waals surface area contributed by atoms with Crippen LogP contribution in [0.3, 0.4) is 0 Å². The largest absolute Gasteiger partial charge is 0.355 e. The number of rotatable bonds is 9. The summed E-state index contributed by atoms with van der Waals surface area (Å²) in [6.07, 6.45) is 0. The van der Waals surface area contributed by atoms with Crippen LogP contribution >= 0.6 is 19.4 Å². The highest BCUT2D eigenvalue weighted by molar-refractivity contribution is 8.07. The predicted octanol–water partition coefficient (Wildman–Crippen LogP) is 7.48. The second-order valence-corrected chi connectivity index (χ2v) is 10.3. The Morgan fingerprint density at radius 2 is 1.54 bits per heavy atom. The van der Waals surface area contributed by atoms with Gasteiger partial charge in [-0.2, -0.15) is 0 Å². The molecule has 0 atom stereocenters. The van der Waals surface area contributed by atoms with E-state index in [9.17, 15) is 4.57 Å². The first-order valence-corrected chi connectivity index (χ1v) is 12.3. The summed E-state index contributed by atoms with van der Waals surface area (Å²) in [5.74, 6) is 2.46. The lowest BCUT2D eigenvalue weighted by molar-refractivity contribution is 0.229. The summed E-state index contributed by atoms with van der Waals surface area (Å²) >= 11 is 1.65. The predicted molar refractivity (Wildman–Crippen MR) is 122 cm³/mol. The van der Waals surface area contributed by atoms with Crippen LogP contribution in [0.1, 0.15) is 51.3 Å². The highest BCUT2D eigenvalue weighted by Gasteiger charge is 2.22. The molecule has 28 heavy (non-hydrogen) atoms. The van der Waals surface area contributed by atoms with E-state index in [-0.39, 0.29) is 5.41 Å². The smallest absolute Gasteiger partial charge is 0.306 e. The first-order valence-electron chi connectivity index (χ1n) is 9.66. The molecule has 0 aliphatic carbocycles. The molecule has 0 bridgehead atoms. The van der Waals surface area contributed by atoms with Crippen LogP contribution in [0.2, 0.25) is 0 Å². The minimum atomic E-state index is -3.29. The van der Waals surface area contributed by atoms with Gasteiger partial charge in [-0.05, 0) is 36.0 Å². The lowest BCUT2D eigenvalue weighted by Crippen LogP contribution is -2.10. The van der Waals surface area contributed by atoms with Gasteiger partial charge < -0.3 is 9.05 Å². The molecule has 152 valence electrons. The fourth-order valence-corrected chi connectivity index (χ4v) is 5.56. The van der Waals surface area contributed by atoms with Gasteiger partial charge in [0.25, 0.3) is 0 Å². The zero-order valence-corrected chi connectivity index (χ0v) is 19.2. The van der Waals surface area contributed by atoms with Crippen molar-refractivity contribution < 1.29 is 13.6 Å². The van der Waals surface area contributed by atoms with Crippen LogP contribution in [0.4, 0.5) is 0 Å². The van der Waals surface area contributed by atoms with Crippen molar-refractivity contribution in [2.24, 2.45) is 0 Å². The van der Waals surface area contributed by atoms with Gasteiger partial charge in [0.1, 0.15) is 0 Å². The fraction of sp³-hybridized carbons (Fsp3) is 0.391. The third-order valence-corrected chi connectivity index (χ3v) is 7.29. The summed E-state index contributed by atoms with van der Waals surface area (Å²) in [4.78, 5) is 0.912. The summed E-state index contributed by atoms with van der Waals surface area (Å²) in [7, 11) is -3.29. The van der Waals surface area contributed by atoms with Crippen LogP contribution in [-0.2, 0) is 24.8 Å². The normalized spacial score (nSPS) is 13.0. The van der Waals surface area contributed by atoms with Gasteiger partial charge in [0.15, 0.2) is 0 Å². The summed E-state index contributed by atoms with van der Waals surface area (Å²) in [5.41, 5.74) is 3.59. The third-order valence-electron chi connectivity index (χ3n) is 4.17. The Hall–Kier alpha value is -1.32. The van der Waals surface area contributed by atoms with Crippen LogP contribution in [0.5, 0.6) is 0 Å². The monoisotopic (exact) mass is 418 g/mol. The van der Waals surface area contributed by atoms with E-state index < -0.39 is 7.60 Å². The standard InChI is InChI=1S/C23H31O3PS/c1-6-25-27(24,26-7-2)17-22(28-18-19-11-9-8-10-12-19)20-13-15-21(16-14-20)23(3,4)5/h8-17H,6-7,18H2,1-5H3/b22-17+. The Labute approximate surface area is 174 Å². The van der Waals surface area contributed by atoms with Gasteiger partial charge in [0, 0.05) is 16.5 Å². The number of hydrogen-bond acceptors (Lipinski definition) is 4. The maximum Gasteiger partial charge on any atom is 0.355 e. The first-order chi connectivity index (χ1) is 13.3. The molecule has 0 N–H and O–H groups in total. The molecule has 0 unspecified atom stereocenters. The fourth-order valence-electron chi connectivity index (χ4n) is 2.68. The van der Waals surface area contributed by atoms with Gasteiger partial charge in [0.2, 0.25) is 0 Å². The van der Waals surface area contributed by atoms with E-state index in [1.54, 1.807) is 17.6 Å². The lowest BCUT2D eigenvalue weighted by Gasteiger charge is -2.20. The molecule has 0 heterocycles. The van der Waals surface area contributed by atoms with Gasteiger partial charge in [-0.1, -0.05) is 75.4 Å². The van der Waals surface area contributed by atoms with Gasteiger partial charge in [-0.3, -0.25) is 4.57 Å². The molecule has 2 rings (SSSR count). The average molecular weight is 419 g/mol. The molecule has 0 aliphatic heterocycles. The molecule has 0 aromatic heterocycles. The van der Waals surface area contributed by atoms with E-state index in [0.29, 0.717) is 13.2 Å². The summed E-state index contributed by atoms with van der Waals surface area (Å²) in [6.45, 7) is 10.9. The van der Waals surface area contributed by atoms with Crippen molar-refractivity contribution in [3.05, 3.63) is 77.1 Å². The van der Waals surface area contributed by atoms with E-state index in [1.807, 2.05) is 32.0 Å². The second kappa shape index (κ2) is 10.5. The molecular weight excluding hydrogens is 387 g/mol. The molecule has 0 radical (unpaired) electrons. The number of thioether (sulfide) groups is 1. The molecule has 2 aromatic carbocycles. The van der Waals surface area contributed by atoms with Crippen molar-refractivity contribution in [2.45, 2.75) is 45.8 Å². The van der Waals surface area contributed by atoms with Crippen LogP contribution in [0.15, 0.2) is 60.4 Å². The Morgan fingerprint density at radius 3 is 2.04 bits per heavy atom. The average Bonchev–Trinajstić information content (AvgIpc) is 2.66. The van der Waals surface area contributed by atoms with Gasteiger partial charge in [-0.25, -0.2) is 0 Å². The van der Waals surface area contributed by atoms with Crippen LogP contribution < -0.4 is 0 Å². The molecule has 0 amide bonds. The Bertz CT molecular complexity index is 798. The van der Waals surface area contributed by atoms with Crippen LogP contribution in [0.25, 0.3) is 4.91 Å². The highest BCUT2D eigenvalue weighted by atomic mass is 32.2. The molecule has 2 aromatic rings. The number of benzene rings is 2. The second-order valence-electron chi connectivity index (χ2n) is 7.47. The van der Waals surface area contributed by atoms with Crippen molar-refractivity contribution in [1.29, 1.82) is 0 Å². The minimum absolute atomic E-state index is 0.0888. The minimum Gasteiger partial charge on any atom is -0.306 e. The van der Waals surface area contributed by atoms with E-state index in [4.69, 9.17) is 9.05 Å². The van der Waals surface area contributed by atoms with Gasteiger partial charge >= 0.3 is 7.60 Å². The van der Waals surface area contributed by atoms with Crippen molar-refractivity contribution in [3.8, 4) is 0 Å². The van der Waals surface area contributed by atoms with E-state index in [2.05, 4.69) is 57.2 Å². The van der Waals surface area contributed by atoms with Gasteiger partial charge in [0.05, 0.1) is 13.2 Å². The molecular formula is C23H31O3PS.